The largest absolute Gasteiger partial charge is 0.573 e. The Kier molecular flexibility index (Phi) is 4.55. The topological polar surface area (TPSA) is 47.6 Å². The first-order chi connectivity index (χ1) is 10.4. The van der Waals surface area contributed by atoms with Gasteiger partial charge in [0.2, 0.25) is 0 Å². The van der Waals surface area contributed by atoms with Crippen LogP contribution in [0.2, 0.25) is 0 Å². The number of carbonyl (C=O) groups excluding carboxylic acids is 1. The van der Waals surface area contributed by atoms with Gasteiger partial charge in [-0.15, -0.1) is 13.2 Å². The fraction of sp³-hybridized carbons (Fsp3) is 0.133. The summed E-state index contributed by atoms with van der Waals surface area (Å²) in [5.74, 6) is -0.834. The maximum absolute atomic E-state index is 12.1. The average Bonchev–Trinajstić information content (AvgIpc) is 2.47. The fourth-order valence-corrected chi connectivity index (χ4v) is 1.78. The third kappa shape index (κ3) is 4.15. The number of alkyl halides is 3. The summed E-state index contributed by atoms with van der Waals surface area (Å²) in [6.45, 7) is 0. The number of carbonyl (C=O) groups is 1. The van der Waals surface area contributed by atoms with Crippen LogP contribution in [-0.4, -0.2) is 19.4 Å². The van der Waals surface area contributed by atoms with Gasteiger partial charge < -0.3 is 14.8 Å². The minimum atomic E-state index is -4.73. The van der Waals surface area contributed by atoms with Gasteiger partial charge in [0.05, 0.1) is 18.4 Å². The number of anilines is 2. The molecule has 22 heavy (non-hydrogen) atoms. The van der Waals surface area contributed by atoms with E-state index in [1.807, 2.05) is 0 Å². The van der Waals surface area contributed by atoms with Crippen molar-refractivity contribution in [3.05, 3.63) is 54.1 Å². The number of para-hydroxylation sites is 1. The van der Waals surface area contributed by atoms with E-state index in [4.69, 9.17) is 0 Å². The van der Waals surface area contributed by atoms with E-state index in [-0.39, 0.29) is 5.75 Å². The molecule has 0 amide bonds. The number of hydrogen-bond donors (Lipinski definition) is 1. The van der Waals surface area contributed by atoms with Crippen LogP contribution in [0.5, 0.6) is 5.75 Å². The average molecular weight is 311 g/mol. The highest BCUT2D eigenvalue weighted by atomic mass is 19.4. The zero-order chi connectivity index (χ0) is 16.2. The van der Waals surface area contributed by atoms with Crippen LogP contribution in [0.25, 0.3) is 0 Å². The van der Waals surface area contributed by atoms with E-state index in [9.17, 15) is 18.0 Å². The Balaban J connectivity index is 2.16. The van der Waals surface area contributed by atoms with E-state index >= 15 is 0 Å². The Morgan fingerprint density at radius 1 is 1.05 bits per heavy atom. The Labute approximate surface area is 124 Å². The number of methoxy groups -OCH3 is 1. The van der Waals surface area contributed by atoms with Gasteiger partial charge >= 0.3 is 12.3 Å². The number of rotatable bonds is 4. The molecule has 0 aliphatic heterocycles. The molecule has 2 aromatic carbocycles. The molecule has 0 unspecified atom stereocenters. The van der Waals surface area contributed by atoms with E-state index in [0.717, 1.165) is 0 Å². The monoisotopic (exact) mass is 311 g/mol. The van der Waals surface area contributed by atoms with Gasteiger partial charge in [0.25, 0.3) is 0 Å². The highest BCUT2D eigenvalue weighted by Crippen LogP contribution is 2.26. The molecule has 2 aromatic rings. The van der Waals surface area contributed by atoms with Gasteiger partial charge in [0, 0.05) is 5.69 Å². The summed E-state index contributed by atoms with van der Waals surface area (Å²) in [4.78, 5) is 11.6. The summed E-state index contributed by atoms with van der Waals surface area (Å²) in [5.41, 5.74) is 1.31. The van der Waals surface area contributed by atoms with Gasteiger partial charge in [-0.1, -0.05) is 12.1 Å². The van der Waals surface area contributed by atoms with Gasteiger partial charge in [0.1, 0.15) is 5.75 Å². The highest BCUT2D eigenvalue weighted by Gasteiger charge is 2.30. The maximum atomic E-state index is 12.1. The molecule has 0 aliphatic carbocycles. The zero-order valence-electron chi connectivity index (χ0n) is 11.5. The second kappa shape index (κ2) is 6.38. The lowest BCUT2D eigenvalue weighted by Crippen LogP contribution is -2.17. The Bertz CT molecular complexity index is 654. The van der Waals surface area contributed by atoms with Gasteiger partial charge in [-0.2, -0.15) is 0 Å². The first kappa shape index (κ1) is 15.7. The van der Waals surface area contributed by atoms with Crippen LogP contribution in [0.4, 0.5) is 24.5 Å². The molecule has 0 saturated carbocycles. The fourth-order valence-electron chi connectivity index (χ4n) is 1.78. The van der Waals surface area contributed by atoms with E-state index in [1.54, 1.807) is 24.3 Å². The van der Waals surface area contributed by atoms with Gasteiger partial charge in [-0.05, 0) is 36.4 Å². The quantitative estimate of drug-likeness (QED) is 0.863. The van der Waals surface area contributed by atoms with Crippen LogP contribution in [0.15, 0.2) is 48.5 Å². The molecule has 1 N–H and O–H groups in total. The Hall–Kier alpha value is -2.70. The molecule has 0 aromatic heterocycles. The molecule has 116 valence electrons. The SMILES string of the molecule is COC(=O)c1ccccc1Nc1ccc(OC(F)(F)F)cc1. The number of halogens is 3. The smallest absolute Gasteiger partial charge is 0.465 e. The van der Waals surface area contributed by atoms with Crippen molar-refractivity contribution < 1.29 is 27.4 Å². The third-order valence-electron chi connectivity index (χ3n) is 2.70. The molecular formula is C15H12F3NO3. The van der Waals surface area contributed by atoms with E-state index in [1.165, 1.54) is 31.4 Å². The van der Waals surface area contributed by atoms with Crippen molar-refractivity contribution in [3.8, 4) is 5.75 Å². The molecule has 0 aliphatic rings. The number of hydrogen-bond acceptors (Lipinski definition) is 4. The number of ether oxygens (including phenoxy) is 2. The van der Waals surface area contributed by atoms with Crippen molar-refractivity contribution in [2.75, 3.05) is 12.4 Å². The predicted molar refractivity (Wildman–Crippen MR) is 74.2 cm³/mol. The Morgan fingerprint density at radius 3 is 2.27 bits per heavy atom. The lowest BCUT2D eigenvalue weighted by Gasteiger charge is -2.12. The third-order valence-corrected chi connectivity index (χ3v) is 2.70. The molecular weight excluding hydrogens is 299 g/mol. The van der Waals surface area contributed by atoms with E-state index in [0.29, 0.717) is 16.9 Å². The Morgan fingerprint density at radius 2 is 1.68 bits per heavy atom. The van der Waals surface area contributed by atoms with Crippen LogP contribution in [-0.2, 0) is 4.74 Å². The van der Waals surface area contributed by atoms with Crippen molar-refractivity contribution in [3.63, 3.8) is 0 Å². The van der Waals surface area contributed by atoms with Crippen molar-refractivity contribution >= 4 is 17.3 Å². The summed E-state index contributed by atoms with van der Waals surface area (Å²) in [6.07, 6.45) is -4.73. The van der Waals surface area contributed by atoms with Crippen LogP contribution < -0.4 is 10.1 Å². The number of esters is 1. The van der Waals surface area contributed by atoms with Crippen LogP contribution >= 0.6 is 0 Å². The molecule has 4 nitrogen and oxygen atoms in total. The molecule has 7 heteroatoms. The summed E-state index contributed by atoms with van der Waals surface area (Å²) in [5, 5.41) is 2.94. The number of benzene rings is 2. The van der Waals surface area contributed by atoms with E-state index in [2.05, 4.69) is 14.8 Å². The normalized spacial score (nSPS) is 10.9. The predicted octanol–water partition coefficient (Wildman–Crippen LogP) is 4.12. The molecule has 0 radical (unpaired) electrons. The van der Waals surface area contributed by atoms with Gasteiger partial charge in [-0.25, -0.2) is 4.79 Å². The van der Waals surface area contributed by atoms with Crippen LogP contribution in [0, 0.1) is 0 Å². The minimum Gasteiger partial charge on any atom is -0.465 e. The molecule has 0 fully saturated rings. The first-order valence-corrected chi connectivity index (χ1v) is 6.19. The van der Waals surface area contributed by atoms with Gasteiger partial charge in [-0.3, -0.25) is 0 Å². The van der Waals surface area contributed by atoms with Crippen LogP contribution in [0.3, 0.4) is 0 Å². The lowest BCUT2D eigenvalue weighted by molar-refractivity contribution is -0.274. The van der Waals surface area contributed by atoms with Crippen molar-refractivity contribution in [1.29, 1.82) is 0 Å². The molecule has 0 atom stereocenters. The second-order valence-electron chi connectivity index (χ2n) is 4.23. The molecule has 0 bridgehead atoms. The van der Waals surface area contributed by atoms with Crippen LogP contribution in [0.1, 0.15) is 10.4 Å². The zero-order valence-corrected chi connectivity index (χ0v) is 11.5. The minimum absolute atomic E-state index is 0.320. The maximum Gasteiger partial charge on any atom is 0.573 e. The van der Waals surface area contributed by atoms with Crippen molar-refractivity contribution in [1.82, 2.24) is 0 Å². The number of nitrogens with one attached hydrogen (secondary N) is 1. The molecule has 0 heterocycles. The summed E-state index contributed by atoms with van der Waals surface area (Å²) in [7, 11) is 1.27. The summed E-state index contributed by atoms with van der Waals surface area (Å²) >= 11 is 0. The van der Waals surface area contributed by atoms with E-state index < -0.39 is 12.3 Å². The van der Waals surface area contributed by atoms with Crippen molar-refractivity contribution in [2.45, 2.75) is 6.36 Å². The van der Waals surface area contributed by atoms with Gasteiger partial charge in [0.15, 0.2) is 0 Å². The first-order valence-electron chi connectivity index (χ1n) is 6.19. The molecule has 0 spiro atoms. The molecule has 0 saturated heterocycles. The second-order valence-corrected chi connectivity index (χ2v) is 4.23. The standard InChI is InChI=1S/C15H12F3NO3/c1-21-14(20)12-4-2-3-5-13(12)19-10-6-8-11(9-7-10)22-15(16,17)18/h2-9,19H,1H3. The van der Waals surface area contributed by atoms with Crippen molar-refractivity contribution in [2.24, 2.45) is 0 Å². The highest BCUT2D eigenvalue weighted by molar-refractivity contribution is 5.96. The molecule has 2 rings (SSSR count). The summed E-state index contributed by atoms with van der Waals surface area (Å²) in [6, 6.07) is 11.8. The lowest BCUT2D eigenvalue weighted by atomic mass is 10.1. The summed E-state index contributed by atoms with van der Waals surface area (Å²) < 4.78 is 44.7.